The first kappa shape index (κ1) is 22.8. The minimum absolute atomic E-state index is 0.155. The molecule has 1 atom stereocenters. The van der Waals surface area contributed by atoms with E-state index in [9.17, 15) is 8.78 Å². The largest absolute Gasteiger partial charge is 0.457 e. The Hall–Kier alpha value is -2.85. The van der Waals surface area contributed by atoms with Gasteiger partial charge in [0.05, 0.1) is 0 Å². The van der Waals surface area contributed by atoms with Crippen molar-refractivity contribution >= 4 is 11.6 Å². The smallest absolute Gasteiger partial charge is 0.387 e. The zero-order valence-electron chi connectivity index (χ0n) is 17.4. The van der Waals surface area contributed by atoms with Gasteiger partial charge >= 0.3 is 6.61 Å². The monoisotopic (exact) mass is 442 g/mol. The Bertz CT molecular complexity index is 987. The summed E-state index contributed by atoms with van der Waals surface area (Å²) < 4.78 is 35.1. The highest BCUT2D eigenvalue weighted by atomic mass is 35.5. The van der Waals surface area contributed by atoms with Crippen LogP contribution in [0.15, 0.2) is 85.5 Å². The number of ether oxygens (including phenoxy) is 2. The van der Waals surface area contributed by atoms with Crippen molar-refractivity contribution in [3.63, 3.8) is 0 Å². The van der Waals surface area contributed by atoms with E-state index in [0.717, 1.165) is 36.3 Å². The van der Waals surface area contributed by atoms with Crippen LogP contribution in [-0.2, 0) is 11.8 Å². The summed E-state index contributed by atoms with van der Waals surface area (Å²) in [7, 11) is 0. The van der Waals surface area contributed by atoms with Gasteiger partial charge in [-0.05, 0) is 78.9 Å². The molecule has 3 rings (SSSR count). The van der Waals surface area contributed by atoms with Crippen LogP contribution in [-0.4, -0.2) is 6.61 Å². The molecule has 162 valence electrons. The molecule has 0 heterocycles. The van der Waals surface area contributed by atoms with E-state index in [-0.39, 0.29) is 11.2 Å². The summed E-state index contributed by atoms with van der Waals surface area (Å²) in [5.74, 6) is 1.67. The Morgan fingerprint density at radius 2 is 1.65 bits per heavy atom. The van der Waals surface area contributed by atoms with E-state index in [0.29, 0.717) is 5.02 Å². The predicted octanol–water partition coefficient (Wildman–Crippen LogP) is 8.20. The molecule has 0 radical (unpaired) electrons. The van der Waals surface area contributed by atoms with Gasteiger partial charge in [-0.3, -0.25) is 0 Å². The first-order valence-electron chi connectivity index (χ1n) is 10.1. The summed E-state index contributed by atoms with van der Waals surface area (Å²) in [6, 6.07) is 22.1. The van der Waals surface area contributed by atoms with Gasteiger partial charge in [-0.15, -0.1) is 6.58 Å². The molecular formula is C26H25ClF2O2. The zero-order valence-corrected chi connectivity index (χ0v) is 18.1. The van der Waals surface area contributed by atoms with Gasteiger partial charge in [0, 0.05) is 10.4 Å². The lowest BCUT2D eigenvalue weighted by Crippen LogP contribution is -2.19. The van der Waals surface area contributed by atoms with Gasteiger partial charge in [-0.2, -0.15) is 8.78 Å². The maximum absolute atomic E-state index is 12.4. The quantitative estimate of drug-likeness (QED) is 0.294. The van der Waals surface area contributed by atoms with Crippen molar-refractivity contribution in [2.24, 2.45) is 0 Å². The number of rotatable bonds is 10. The molecule has 0 aliphatic heterocycles. The van der Waals surface area contributed by atoms with Crippen LogP contribution < -0.4 is 9.47 Å². The van der Waals surface area contributed by atoms with Gasteiger partial charge in [-0.1, -0.05) is 48.9 Å². The van der Waals surface area contributed by atoms with Gasteiger partial charge < -0.3 is 9.47 Å². The van der Waals surface area contributed by atoms with Crippen LogP contribution in [0.3, 0.4) is 0 Å². The van der Waals surface area contributed by atoms with E-state index in [4.69, 9.17) is 16.3 Å². The van der Waals surface area contributed by atoms with Gasteiger partial charge in [0.25, 0.3) is 0 Å². The van der Waals surface area contributed by atoms with Crippen molar-refractivity contribution in [2.75, 3.05) is 0 Å². The van der Waals surface area contributed by atoms with E-state index >= 15 is 0 Å². The summed E-state index contributed by atoms with van der Waals surface area (Å²) in [6.07, 6.45) is 4.60. The van der Waals surface area contributed by atoms with E-state index < -0.39 is 6.61 Å². The second-order valence-corrected chi connectivity index (χ2v) is 8.02. The van der Waals surface area contributed by atoms with Crippen LogP contribution in [0.5, 0.6) is 17.2 Å². The summed E-state index contributed by atoms with van der Waals surface area (Å²) in [5.41, 5.74) is 1.93. The van der Waals surface area contributed by atoms with Gasteiger partial charge in [0.2, 0.25) is 0 Å². The fourth-order valence-electron chi connectivity index (χ4n) is 3.44. The highest BCUT2D eigenvalue weighted by molar-refractivity contribution is 6.30. The van der Waals surface area contributed by atoms with Crippen molar-refractivity contribution in [1.82, 2.24) is 0 Å². The topological polar surface area (TPSA) is 18.5 Å². The van der Waals surface area contributed by atoms with Crippen LogP contribution in [0, 0.1) is 0 Å². The van der Waals surface area contributed by atoms with Crippen molar-refractivity contribution in [3.05, 3.63) is 102 Å². The Kier molecular flexibility index (Phi) is 7.69. The second kappa shape index (κ2) is 10.5. The maximum Gasteiger partial charge on any atom is 0.387 e. The van der Waals surface area contributed by atoms with E-state index in [1.54, 1.807) is 24.3 Å². The highest BCUT2D eigenvalue weighted by Crippen LogP contribution is 2.33. The fraction of sp³-hybridized carbons (Fsp3) is 0.231. The predicted molar refractivity (Wildman–Crippen MR) is 122 cm³/mol. The molecule has 3 aromatic carbocycles. The molecule has 1 unspecified atom stereocenters. The van der Waals surface area contributed by atoms with Crippen LogP contribution in [0.2, 0.25) is 5.02 Å². The summed E-state index contributed by atoms with van der Waals surface area (Å²) in [5, 5.41) is 0.669. The molecule has 0 aliphatic rings. The number of allylic oxidation sites excluding steroid dienone is 1. The molecule has 0 fully saturated rings. The van der Waals surface area contributed by atoms with Crippen LogP contribution in [0.4, 0.5) is 8.78 Å². The average Bonchev–Trinajstić information content (AvgIpc) is 2.75. The molecule has 0 saturated heterocycles. The molecule has 0 bridgehead atoms. The Balaban J connectivity index is 1.60. The lowest BCUT2D eigenvalue weighted by Gasteiger charge is -2.27. The number of alkyl halides is 2. The van der Waals surface area contributed by atoms with Gasteiger partial charge in [0.15, 0.2) is 0 Å². The van der Waals surface area contributed by atoms with Crippen LogP contribution >= 0.6 is 11.6 Å². The molecule has 0 aliphatic carbocycles. The van der Waals surface area contributed by atoms with Crippen LogP contribution in [0.25, 0.3) is 0 Å². The standard InChI is InChI=1S/C26H25ClF2O2/c1-3-26(2,20-9-13-23(14-10-20)31-25(28)29)17-5-7-19-6-4-8-24(18-19)30-22-15-11-21(27)12-16-22/h3-4,6,8-16,18,25H,1,5,7,17H2,2H3. The van der Waals surface area contributed by atoms with E-state index in [1.807, 2.05) is 48.5 Å². The average molecular weight is 443 g/mol. The van der Waals surface area contributed by atoms with Crippen molar-refractivity contribution < 1.29 is 18.3 Å². The van der Waals surface area contributed by atoms with Crippen molar-refractivity contribution in [2.45, 2.75) is 38.2 Å². The molecule has 0 N–H and O–H groups in total. The third-order valence-electron chi connectivity index (χ3n) is 5.30. The highest BCUT2D eigenvalue weighted by Gasteiger charge is 2.22. The number of halogens is 3. The number of hydrogen-bond acceptors (Lipinski definition) is 2. The van der Waals surface area contributed by atoms with Gasteiger partial charge in [-0.25, -0.2) is 0 Å². The Morgan fingerprint density at radius 3 is 2.29 bits per heavy atom. The molecular weight excluding hydrogens is 418 g/mol. The first-order chi connectivity index (χ1) is 14.9. The normalized spacial score (nSPS) is 12.9. The SMILES string of the molecule is C=CC(C)(CCCc1cccc(Oc2ccc(Cl)cc2)c1)c1ccc(OC(F)F)cc1. The molecule has 0 aromatic heterocycles. The molecule has 0 amide bonds. The summed E-state index contributed by atoms with van der Waals surface area (Å²) in [6.45, 7) is 3.27. The van der Waals surface area contributed by atoms with Crippen molar-refractivity contribution in [3.8, 4) is 17.2 Å². The molecule has 0 saturated carbocycles. The lowest BCUT2D eigenvalue weighted by molar-refractivity contribution is -0.0498. The molecule has 2 nitrogen and oxygen atoms in total. The van der Waals surface area contributed by atoms with Crippen molar-refractivity contribution in [1.29, 1.82) is 0 Å². The minimum Gasteiger partial charge on any atom is -0.457 e. The molecule has 0 spiro atoms. The Morgan fingerprint density at radius 1 is 0.968 bits per heavy atom. The lowest BCUT2D eigenvalue weighted by atomic mass is 9.78. The van der Waals surface area contributed by atoms with E-state index in [1.165, 1.54) is 5.56 Å². The Labute approximate surface area is 187 Å². The third-order valence-corrected chi connectivity index (χ3v) is 5.55. The molecule has 3 aromatic rings. The van der Waals surface area contributed by atoms with Crippen LogP contribution in [0.1, 0.15) is 30.9 Å². The van der Waals surface area contributed by atoms with Gasteiger partial charge in [0.1, 0.15) is 17.2 Å². The number of benzene rings is 3. The number of hydrogen-bond donors (Lipinski definition) is 0. The number of aryl methyl sites for hydroxylation is 1. The first-order valence-corrected chi connectivity index (χ1v) is 10.5. The minimum atomic E-state index is -2.82. The third kappa shape index (κ3) is 6.56. The zero-order chi connectivity index (χ0) is 22.3. The summed E-state index contributed by atoms with van der Waals surface area (Å²) in [4.78, 5) is 0. The molecule has 31 heavy (non-hydrogen) atoms. The summed E-state index contributed by atoms with van der Waals surface area (Å²) >= 11 is 5.92. The second-order valence-electron chi connectivity index (χ2n) is 7.58. The fourth-order valence-corrected chi connectivity index (χ4v) is 3.57. The van der Waals surface area contributed by atoms with E-state index in [2.05, 4.69) is 24.3 Å². The maximum atomic E-state index is 12.4. The molecule has 5 heteroatoms.